The van der Waals surface area contributed by atoms with E-state index in [1.165, 1.54) is 22.4 Å². The van der Waals surface area contributed by atoms with E-state index in [0.29, 0.717) is 5.95 Å². The molecule has 4 rings (SSSR count). The van der Waals surface area contributed by atoms with Crippen LogP contribution < -0.4 is 15.1 Å². The van der Waals surface area contributed by atoms with Gasteiger partial charge in [0, 0.05) is 43.8 Å². The van der Waals surface area contributed by atoms with Crippen molar-refractivity contribution in [2.45, 2.75) is 20.8 Å². The van der Waals surface area contributed by atoms with Crippen molar-refractivity contribution in [3.05, 3.63) is 71.4 Å². The van der Waals surface area contributed by atoms with Crippen LogP contribution in [-0.4, -0.2) is 36.1 Å². The summed E-state index contributed by atoms with van der Waals surface area (Å²) in [7, 11) is 0. The Labute approximate surface area is 167 Å². The van der Waals surface area contributed by atoms with Gasteiger partial charge in [0.1, 0.15) is 5.82 Å². The highest BCUT2D eigenvalue weighted by Crippen LogP contribution is 2.23. The number of nitrogens with one attached hydrogen (secondary N) is 1. The lowest BCUT2D eigenvalue weighted by Gasteiger charge is -2.36. The van der Waals surface area contributed by atoms with E-state index in [2.05, 4.69) is 83.3 Å². The maximum atomic E-state index is 4.76. The highest BCUT2D eigenvalue weighted by molar-refractivity contribution is 5.60. The molecule has 0 bridgehead atoms. The monoisotopic (exact) mass is 373 g/mol. The quantitative estimate of drug-likeness (QED) is 0.731. The summed E-state index contributed by atoms with van der Waals surface area (Å²) in [4.78, 5) is 14.0. The fraction of sp³-hybridized carbons (Fsp3) is 0.304. The van der Waals surface area contributed by atoms with Crippen LogP contribution in [0.5, 0.6) is 0 Å². The number of aromatic nitrogens is 2. The molecule has 5 nitrogen and oxygen atoms in total. The van der Waals surface area contributed by atoms with Crippen molar-refractivity contribution in [3.63, 3.8) is 0 Å². The number of piperazine rings is 1. The molecule has 1 aliphatic heterocycles. The van der Waals surface area contributed by atoms with Gasteiger partial charge in [0.05, 0.1) is 0 Å². The van der Waals surface area contributed by atoms with E-state index < -0.39 is 0 Å². The predicted molar refractivity (Wildman–Crippen MR) is 117 cm³/mol. The SMILES string of the molecule is Cc1cccc(N2CCN(c3ccnc(Nc4cc(C)ccc4C)n3)CC2)c1. The molecule has 1 N–H and O–H groups in total. The molecule has 1 aromatic heterocycles. The molecule has 0 atom stereocenters. The fourth-order valence-corrected chi connectivity index (χ4v) is 3.59. The molecule has 1 aliphatic rings. The molecule has 2 heterocycles. The molecule has 5 heteroatoms. The molecule has 0 saturated carbocycles. The van der Waals surface area contributed by atoms with Gasteiger partial charge >= 0.3 is 0 Å². The molecule has 2 aromatic carbocycles. The fourth-order valence-electron chi connectivity index (χ4n) is 3.59. The van der Waals surface area contributed by atoms with Gasteiger partial charge in [0.25, 0.3) is 0 Å². The average Bonchev–Trinajstić information content (AvgIpc) is 2.71. The third kappa shape index (κ3) is 4.09. The first-order valence-electron chi connectivity index (χ1n) is 9.82. The molecular weight excluding hydrogens is 346 g/mol. The normalized spacial score (nSPS) is 14.2. The summed E-state index contributed by atoms with van der Waals surface area (Å²) >= 11 is 0. The molecule has 0 radical (unpaired) electrons. The number of nitrogens with zero attached hydrogens (tertiary/aromatic N) is 4. The summed E-state index contributed by atoms with van der Waals surface area (Å²) < 4.78 is 0. The van der Waals surface area contributed by atoms with E-state index >= 15 is 0 Å². The second-order valence-corrected chi connectivity index (χ2v) is 7.49. The lowest BCUT2D eigenvalue weighted by Crippen LogP contribution is -2.46. The average molecular weight is 374 g/mol. The second kappa shape index (κ2) is 7.89. The first kappa shape index (κ1) is 18.3. The standard InChI is InChI=1S/C23H27N5/c1-17-5-4-6-20(15-17)27-11-13-28(14-12-27)22-9-10-24-23(26-22)25-21-16-18(2)7-8-19(21)3/h4-10,15-16H,11-14H2,1-3H3,(H,24,25,26). The Morgan fingerprint density at radius 3 is 2.36 bits per heavy atom. The van der Waals surface area contributed by atoms with Gasteiger partial charge in [-0.25, -0.2) is 4.98 Å². The van der Waals surface area contributed by atoms with E-state index in [9.17, 15) is 0 Å². The summed E-state index contributed by atoms with van der Waals surface area (Å²) in [5.74, 6) is 1.62. The molecule has 1 saturated heterocycles. The molecule has 0 spiro atoms. The van der Waals surface area contributed by atoms with Gasteiger partial charge in [-0.15, -0.1) is 0 Å². The van der Waals surface area contributed by atoms with Crippen molar-refractivity contribution in [1.82, 2.24) is 9.97 Å². The maximum absolute atomic E-state index is 4.76. The molecule has 3 aromatic rings. The number of aryl methyl sites for hydroxylation is 3. The smallest absolute Gasteiger partial charge is 0.229 e. The zero-order valence-corrected chi connectivity index (χ0v) is 16.8. The minimum absolute atomic E-state index is 0.646. The van der Waals surface area contributed by atoms with Gasteiger partial charge in [0.15, 0.2) is 0 Å². The number of benzene rings is 2. The van der Waals surface area contributed by atoms with E-state index in [-0.39, 0.29) is 0 Å². The van der Waals surface area contributed by atoms with Crippen LogP contribution in [0.15, 0.2) is 54.7 Å². The van der Waals surface area contributed by atoms with Crippen LogP contribution in [0, 0.1) is 20.8 Å². The minimum atomic E-state index is 0.646. The van der Waals surface area contributed by atoms with Crippen LogP contribution in [0.3, 0.4) is 0 Å². The van der Waals surface area contributed by atoms with Gasteiger partial charge in [0.2, 0.25) is 5.95 Å². The number of rotatable bonds is 4. The Balaban J connectivity index is 1.44. The second-order valence-electron chi connectivity index (χ2n) is 7.49. The number of hydrogen-bond acceptors (Lipinski definition) is 5. The first-order valence-corrected chi connectivity index (χ1v) is 9.82. The summed E-state index contributed by atoms with van der Waals surface area (Å²) in [5.41, 5.74) is 6.07. The van der Waals surface area contributed by atoms with Gasteiger partial charge < -0.3 is 15.1 Å². The van der Waals surface area contributed by atoms with Gasteiger partial charge in [-0.2, -0.15) is 4.98 Å². The van der Waals surface area contributed by atoms with E-state index in [0.717, 1.165) is 37.7 Å². The molecule has 144 valence electrons. The van der Waals surface area contributed by atoms with Crippen LogP contribution in [0.1, 0.15) is 16.7 Å². The van der Waals surface area contributed by atoms with Gasteiger partial charge in [-0.05, 0) is 61.7 Å². The molecule has 1 fully saturated rings. The molecule has 0 amide bonds. The molecule has 0 aliphatic carbocycles. The van der Waals surface area contributed by atoms with Gasteiger partial charge in [-0.1, -0.05) is 24.3 Å². The zero-order valence-electron chi connectivity index (χ0n) is 16.8. The third-order valence-corrected chi connectivity index (χ3v) is 5.25. The summed E-state index contributed by atoms with van der Waals surface area (Å²) in [5, 5.41) is 3.37. The minimum Gasteiger partial charge on any atom is -0.368 e. The summed E-state index contributed by atoms with van der Waals surface area (Å²) in [6.45, 7) is 10.2. The lowest BCUT2D eigenvalue weighted by molar-refractivity contribution is 0.647. The molecular formula is C23H27N5. The van der Waals surface area contributed by atoms with Crippen molar-refractivity contribution in [3.8, 4) is 0 Å². The Hall–Kier alpha value is -3.08. The lowest BCUT2D eigenvalue weighted by atomic mass is 10.1. The Kier molecular flexibility index (Phi) is 5.15. The van der Waals surface area contributed by atoms with Crippen LogP contribution >= 0.6 is 0 Å². The highest BCUT2D eigenvalue weighted by atomic mass is 15.3. The number of hydrogen-bond donors (Lipinski definition) is 1. The van der Waals surface area contributed by atoms with Crippen molar-refractivity contribution >= 4 is 23.1 Å². The van der Waals surface area contributed by atoms with Crippen LogP contribution in [0.2, 0.25) is 0 Å². The van der Waals surface area contributed by atoms with Crippen molar-refractivity contribution in [2.75, 3.05) is 41.3 Å². The van der Waals surface area contributed by atoms with Crippen molar-refractivity contribution in [2.24, 2.45) is 0 Å². The topological polar surface area (TPSA) is 44.3 Å². The van der Waals surface area contributed by atoms with E-state index in [4.69, 9.17) is 4.98 Å². The first-order chi connectivity index (χ1) is 13.6. The predicted octanol–water partition coefficient (Wildman–Crippen LogP) is 4.47. The molecule has 28 heavy (non-hydrogen) atoms. The van der Waals surface area contributed by atoms with Crippen LogP contribution in [0.4, 0.5) is 23.1 Å². The molecule has 0 unspecified atom stereocenters. The maximum Gasteiger partial charge on any atom is 0.229 e. The van der Waals surface area contributed by atoms with E-state index in [1.807, 2.05) is 12.3 Å². The Morgan fingerprint density at radius 2 is 1.57 bits per heavy atom. The highest BCUT2D eigenvalue weighted by Gasteiger charge is 2.19. The third-order valence-electron chi connectivity index (χ3n) is 5.25. The van der Waals surface area contributed by atoms with Crippen molar-refractivity contribution in [1.29, 1.82) is 0 Å². The van der Waals surface area contributed by atoms with Crippen molar-refractivity contribution < 1.29 is 0 Å². The summed E-state index contributed by atoms with van der Waals surface area (Å²) in [6.07, 6.45) is 1.84. The van der Waals surface area contributed by atoms with Crippen LogP contribution in [0.25, 0.3) is 0 Å². The Bertz CT molecular complexity index is 961. The largest absolute Gasteiger partial charge is 0.368 e. The van der Waals surface area contributed by atoms with E-state index in [1.54, 1.807) is 0 Å². The summed E-state index contributed by atoms with van der Waals surface area (Å²) in [6, 6.07) is 17.1. The number of anilines is 4. The Morgan fingerprint density at radius 1 is 0.821 bits per heavy atom. The van der Waals surface area contributed by atoms with Crippen LogP contribution in [-0.2, 0) is 0 Å². The zero-order chi connectivity index (χ0) is 19.5. The van der Waals surface area contributed by atoms with Gasteiger partial charge in [-0.3, -0.25) is 0 Å².